The number of methoxy groups -OCH3 is 1. The molecule has 0 aliphatic carbocycles. The second-order valence-corrected chi connectivity index (χ2v) is 6.03. The molecule has 122 valence electrons. The van der Waals surface area contributed by atoms with E-state index in [1.807, 2.05) is 18.2 Å². The number of benzene rings is 2. The molecule has 0 amide bonds. The lowest BCUT2D eigenvalue weighted by molar-refractivity contribution is 0.237. The Morgan fingerprint density at radius 3 is 2.52 bits per heavy atom. The van der Waals surface area contributed by atoms with Crippen LogP contribution in [0, 0.1) is 0 Å². The number of rotatable bonds is 7. The van der Waals surface area contributed by atoms with Crippen molar-refractivity contribution in [3.05, 3.63) is 59.7 Å². The zero-order valence-corrected chi connectivity index (χ0v) is 13.8. The maximum absolute atomic E-state index is 5.89. The van der Waals surface area contributed by atoms with Gasteiger partial charge in [-0.1, -0.05) is 36.4 Å². The van der Waals surface area contributed by atoms with Crippen molar-refractivity contribution in [2.45, 2.75) is 19.3 Å². The van der Waals surface area contributed by atoms with E-state index in [2.05, 4.69) is 35.2 Å². The zero-order chi connectivity index (χ0) is 15.9. The van der Waals surface area contributed by atoms with Crippen LogP contribution in [0.1, 0.15) is 24.0 Å². The molecule has 0 bridgehead atoms. The lowest BCUT2D eigenvalue weighted by Crippen LogP contribution is -2.25. The van der Waals surface area contributed by atoms with Gasteiger partial charge < -0.3 is 9.47 Å². The third-order valence-corrected chi connectivity index (χ3v) is 4.37. The normalized spacial score (nSPS) is 14.8. The van der Waals surface area contributed by atoms with Crippen LogP contribution in [0.4, 0.5) is 0 Å². The molecule has 1 aliphatic heterocycles. The van der Waals surface area contributed by atoms with E-state index >= 15 is 0 Å². The molecular formula is C20H25NO2. The summed E-state index contributed by atoms with van der Waals surface area (Å²) >= 11 is 0. The Hall–Kier alpha value is -2.00. The number of ether oxygens (including phenoxy) is 2. The van der Waals surface area contributed by atoms with Crippen LogP contribution in [-0.2, 0) is 6.42 Å². The van der Waals surface area contributed by atoms with Crippen molar-refractivity contribution in [1.29, 1.82) is 0 Å². The minimum Gasteiger partial charge on any atom is -0.496 e. The predicted molar refractivity (Wildman–Crippen MR) is 93.4 cm³/mol. The van der Waals surface area contributed by atoms with Crippen LogP contribution in [-0.4, -0.2) is 38.3 Å². The first-order valence-electron chi connectivity index (χ1n) is 8.41. The summed E-state index contributed by atoms with van der Waals surface area (Å²) in [5, 5.41) is 0. The number of likely N-dealkylation sites (tertiary alicyclic amines) is 1. The van der Waals surface area contributed by atoms with Gasteiger partial charge >= 0.3 is 0 Å². The minimum absolute atomic E-state index is 0.737. The summed E-state index contributed by atoms with van der Waals surface area (Å²) in [6, 6.07) is 16.6. The van der Waals surface area contributed by atoms with Gasteiger partial charge in [0.1, 0.15) is 18.1 Å². The van der Waals surface area contributed by atoms with E-state index in [-0.39, 0.29) is 0 Å². The van der Waals surface area contributed by atoms with E-state index in [0.717, 1.165) is 31.1 Å². The molecule has 0 atom stereocenters. The summed E-state index contributed by atoms with van der Waals surface area (Å²) in [4.78, 5) is 2.46. The highest BCUT2D eigenvalue weighted by atomic mass is 16.5. The fraction of sp³-hybridized carbons (Fsp3) is 0.400. The summed E-state index contributed by atoms with van der Waals surface area (Å²) in [7, 11) is 1.72. The van der Waals surface area contributed by atoms with E-state index in [1.54, 1.807) is 7.11 Å². The smallest absolute Gasteiger partial charge is 0.126 e. The number of hydrogen-bond donors (Lipinski definition) is 0. The van der Waals surface area contributed by atoms with Crippen LogP contribution in [0.3, 0.4) is 0 Å². The molecule has 3 nitrogen and oxygen atoms in total. The van der Waals surface area contributed by atoms with E-state index < -0.39 is 0 Å². The second kappa shape index (κ2) is 8.02. The van der Waals surface area contributed by atoms with Gasteiger partial charge in [-0.2, -0.15) is 0 Å². The van der Waals surface area contributed by atoms with E-state index in [9.17, 15) is 0 Å². The molecule has 1 saturated heterocycles. The summed E-state index contributed by atoms with van der Waals surface area (Å²) in [5.74, 6) is 1.78. The van der Waals surface area contributed by atoms with E-state index in [4.69, 9.17) is 9.47 Å². The van der Waals surface area contributed by atoms with Gasteiger partial charge in [0, 0.05) is 19.0 Å². The topological polar surface area (TPSA) is 21.7 Å². The van der Waals surface area contributed by atoms with Crippen molar-refractivity contribution in [3.63, 3.8) is 0 Å². The minimum atomic E-state index is 0.737. The van der Waals surface area contributed by atoms with Crippen molar-refractivity contribution in [1.82, 2.24) is 4.90 Å². The third-order valence-electron chi connectivity index (χ3n) is 4.37. The zero-order valence-electron chi connectivity index (χ0n) is 13.8. The highest BCUT2D eigenvalue weighted by Crippen LogP contribution is 2.27. The maximum atomic E-state index is 5.89. The quantitative estimate of drug-likeness (QED) is 0.777. The molecule has 0 radical (unpaired) electrons. The second-order valence-electron chi connectivity index (χ2n) is 6.03. The van der Waals surface area contributed by atoms with Crippen molar-refractivity contribution >= 4 is 0 Å². The fourth-order valence-electron chi connectivity index (χ4n) is 3.08. The summed E-state index contributed by atoms with van der Waals surface area (Å²) in [6.07, 6.45) is 3.52. The van der Waals surface area contributed by atoms with Crippen LogP contribution in [0.25, 0.3) is 0 Å². The first kappa shape index (κ1) is 15.9. The molecule has 23 heavy (non-hydrogen) atoms. The molecule has 0 saturated carbocycles. The Bertz CT molecular complexity index is 606. The van der Waals surface area contributed by atoms with Crippen molar-refractivity contribution in [2.75, 3.05) is 33.4 Å². The Morgan fingerprint density at radius 1 is 1.00 bits per heavy atom. The Labute approximate surface area is 138 Å². The van der Waals surface area contributed by atoms with E-state index in [0.29, 0.717) is 0 Å². The molecule has 0 N–H and O–H groups in total. The molecule has 2 aromatic carbocycles. The van der Waals surface area contributed by atoms with Gasteiger partial charge in [0.2, 0.25) is 0 Å². The summed E-state index contributed by atoms with van der Waals surface area (Å²) < 4.78 is 11.4. The average molecular weight is 311 g/mol. The lowest BCUT2D eigenvalue weighted by atomic mass is 10.0. The highest BCUT2D eigenvalue weighted by Gasteiger charge is 2.11. The van der Waals surface area contributed by atoms with Crippen LogP contribution >= 0.6 is 0 Å². The standard InChI is InChI=1S/C20H25NO2/c1-22-20-16-19(23-14-13-21-11-5-6-12-21)10-9-18(20)15-17-7-3-2-4-8-17/h2-4,7-10,16H,5-6,11-15H2,1H3. The lowest BCUT2D eigenvalue weighted by Gasteiger charge is -2.16. The Balaban J connectivity index is 1.59. The molecule has 1 aliphatic rings. The van der Waals surface area contributed by atoms with Gasteiger partial charge in [-0.25, -0.2) is 0 Å². The van der Waals surface area contributed by atoms with Gasteiger partial charge in [0.25, 0.3) is 0 Å². The first-order valence-corrected chi connectivity index (χ1v) is 8.41. The molecule has 3 heteroatoms. The monoisotopic (exact) mass is 311 g/mol. The molecule has 0 spiro atoms. The van der Waals surface area contributed by atoms with Crippen LogP contribution in [0.15, 0.2) is 48.5 Å². The molecule has 2 aromatic rings. The maximum Gasteiger partial charge on any atom is 0.126 e. The number of nitrogens with zero attached hydrogens (tertiary/aromatic N) is 1. The SMILES string of the molecule is COc1cc(OCCN2CCCC2)ccc1Cc1ccccc1. The highest BCUT2D eigenvalue weighted by molar-refractivity contribution is 5.43. The molecule has 1 heterocycles. The molecule has 0 unspecified atom stereocenters. The van der Waals surface area contributed by atoms with Crippen LogP contribution < -0.4 is 9.47 Å². The Kier molecular flexibility index (Phi) is 5.54. The van der Waals surface area contributed by atoms with Crippen molar-refractivity contribution in [3.8, 4) is 11.5 Å². The third kappa shape index (κ3) is 4.49. The number of hydrogen-bond acceptors (Lipinski definition) is 3. The Morgan fingerprint density at radius 2 is 1.78 bits per heavy atom. The van der Waals surface area contributed by atoms with E-state index in [1.165, 1.54) is 37.1 Å². The summed E-state index contributed by atoms with van der Waals surface area (Å²) in [6.45, 7) is 4.17. The predicted octanol–water partition coefficient (Wildman–Crippen LogP) is 3.76. The van der Waals surface area contributed by atoms with Crippen molar-refractivity contribution in [2.24, 2.45) is 0 Å². The average Bonchev–Trinajstić information content (AvgIpc) is 3.10. The molecule has 0 aromatic heterocycles. The molecule has 1 fully saturated rings. The van der Waals surface area contributed by atoms with Gasteiger partial charge in [0.05, 0.1) is 7.11 Å². The van der Waals surface area contributed by atoms with Gasteiger partial charge in [-0.15, -0.1) is 0 Å². The molecular weight excluding hydrogens is 286 g/mol. The first-order chi connectivity index (χ1) is 11.3. The van der Waals surface area contributed by atoms with Crippen molar-refractivity contribution < 1.29 is 9.47 Å². The van der Waals surface area contributed by atoms with Crippen LogP contribution in [0.2, 0.25) is 0 Å². The molecule has 3 rings (SSSR count). The van der Waals surface area contributed by atoms with Crippen LogP contribution in [0.5, 0.6) is 11.5 Å². The van der Waals surface area contributed by atoms with Gasteiger partial charge in [-0.3, -0.25) is 4.90 Å². The largest absolute Gasteiger partial charge is 0.496 e. The van der Waals surface area contributed by atoms with Gasteiger partial charge in [-0.05, 0) is 43.1 Å². The summed E-state index contributed by atoms with van der Waals surface area (Å²) in [5.41, 5.74) is 2.47. The fourth-order valence-corrected chi connectivity index (χ4v) is 3.08. The van der Waals surface area contributed by atoms with Gasteiger partial charge in [0.15, 0.2) is 0 Å².